The Labute approximate surface area is 110 Å². The molecule has 1 aromatic carbocycles. The average molecular weight is 261 g/mol. The van der Waals surface area contributed by atoms with E-state index in [0.29, 0.717) is 11.5 Å². The molecular formula is C14H15NO4. The van der Waals surface area contributed by atoms with E-state index in [4.69, 9.17) is 14.4 Å². The monoisotopic (exact) mass is 261 g/mol. The Bertz CT molecular complexity index is 627. The summed E-state index contributed by atoms with van der Waals surface area (Å²) in [5.41, 5.74) is 2.38. The van der Waals surface area contributed by atoms with Gasteiger partial charge in [-0.1, -0.05) is 30.3 Å². The van der Waals surface area contributed by atoms with E-state index >= 15 is 0 Å². The average Bonchev–Trinajstić information content (AvgIpc) is 2.76. The fraction of sp³-hybridized carbons (Fsp3) is 0.286. The SMILES string of the molecule is CCc1c(C(C)=NOCC(=O)O)oc2ccccc12. The summed E-state index contributed by atoms with van der Waals surface area (Å²) in [5, 5.41) is 13.3. The van der Waals surface area contributed by atoms with Crippen molar-refractivity contribution in [2.45, 2.75) is 20.3 Å². The molecule has 1 aromatic heterocycles. The summed E-state index contributed by atoms with van der Waals surface area (Å²) in [6, 6.07) is 7.74. The topological polar surface area (TPSA) is 72.0 Å². The van der Waals surface area contributed by atoms with Gasteiger partial charge in [0.1, 0.15) is 11.3 Å². The number of rotatable bonds is 5. The maximum Gasteiger partial charge on any atom is 0.344 e. The number of oxime groups is 1. The van der Waals surface area contributed by atoms with E-state index in [1.807, 2.05) is 31.2 Å². The van der Waals surface area contributed by atoms with Crippen LogP contribution in [-0.2, 0) is 16.1 Å². The Kier molecular flexibility index (Phi) is 3.85. The highest BCUT2D eigenvalue weighted by Crippen LogP contribution is 2.26. The molecule has 5 nitrogen and oxygen atoms in total. The number of hydrogen-bond donors (Lipinski definition) is 1. The lowest BCUT2D eigenvalue weighted by Gasteiger charge is -2.00. The number of aliphatic carboxylic acids is 1. The van der Waals surface area contributed by atoms with Gasteiger partial charge in [-0.3, -0.25) is 0 Å². The second-order valence-corrected chi connectivity index (χ2v) is 4.10. The highest BCUT2D eigenvalue weighted by molar-refractivity contribution is 6.02. The molecule has 0 aliphatic heterocycles. The standard InChI is InChI=1S/C14H15NO4/c1-3-10-11-6-4-5-7-12(11)19-14(10)9(2)15-18-8-13(16)17/h4-7H,3,8H2,1-2H3,(H,16,17). The van der Waals surface area contributed by atoms with E-state index < -0.39 is 12.6 Å². The van der Waals surface area contributed by atoms with Crippen molar-refractivity contribution in [1.29, 1.82) is 0 Å². The first kappa shape index (κ1) is 13.1. The van der Waals surface area contributed by atoms with Crippen LogP contribution in [0.2, 0.25) is 0 Å². The summed E-state index contributed by atoms with van der Waals surface area (Å²) in [6.45, 7) is 3.31. The molecule has 0 spiro atoms. The smallest absolute Gasteiger partial charge is 0.344 e. The van der Waals surface area contributed by atoms with Crippen molar-refractivity contribution in [3.63, 3.8) is 0 Å². The second kappa shape index (κ2) is 5.56. The van der Waals surface area contributed by atoms with Crippen molar-refractivity contribution in [2.24, 2.45) is 5.16 Å². The van der Waals surface area contributed by atoms with Crippen LogP contribution in [0.5, 0.6) is 0 Å². The number of aryl methyl sites for hydroxylation is 1. The van der Waals surface area contributed by atoms with Gasteiger partial charge in [0, 0.05) is 10.9 Å². The van der Waals surface area contributed by atoms with Gasteiger partial charge in [-0.15, -0.1) is 0 Å². The Morgan fingerprint density at radius 1 is 1.42 bits per heavy atom. The third-order valence-electron chi connectivity index (χ3n) is 2.77. The Balaban J connectivity index is 2.35. The number of carboxylic acid groups (broad SMARTS) is 1. The minimum Gasteiger partial charge on any atom is -0.479 e. The van der Waals surface area contributed by atoms with Crippen molar-refractivity contribution in [3.8, 4) is 0 Å². The summed E-state index contributed by atoms with van der Waals surface area (Å²) in [7, 11) is 0. The molecule has 19 heavy (non-hydrogen) atoms. The fourth-order valence-corrected chi connectivity index (χ4v) is 1.97. The van der Waals surface area contributed by atoms with Crippen LogP contribution >= 0.6 is 0 Å². The fourth-order valence-electron chi connectivity index (χ4n) is 1.97. The van der Waals surface area contributed by atoms with Crippen molar-refractivity contribution >= 4 is 22.7 Å². The summed E-state index contributed by atoms with van der Waals surface area (Å²) in [6.07, 6.45) is 0.804. The zero-order valence-corrected chi connectivity index (χ0v) is 10.8. The number of carboxylic acids is 1. The highest BCUT2D eigenvalue weighted by atomic mass is 16.6. The number of benzene rings is 1. The van der Waals surface area contributed by atoms with Gasteiger partial charge >= 0.3 is 5.97 Å². The van der Waals surface area contributed by atoms with Gasteiger partial charge in [0.05, 0.1) is 0 Å². The molecule has 0 aliphatic carbocycles. The first-order valence-corrected chi connectivity index (χ1v) is 6.02. The van der Waals surface area contributed by atoms with Gasteiger partial charge in [0.15, 0.2) is 5.76 Å². The Morgan fingerprint density at radius 3 is 2.84 bits per heavy atom. The molecule has 1 N–H and O–H groups in total. The van der Waals surface area contributed by atoms with Crippen LogP contribution in [0.3, 0.4) is 0 Å². The van der Waals surface area contributed by atoms with Crippen LogP contribution in [0.25, 0.3) is 11.0 Å². The molecule has 0 saturated carbocycles. The van der Waals surface area contributed by atoms with Gasteiger partial charge in [-0.05, 0) is 19.4 Å². The summed E-state index contributed by atoms with van der Waals surface area (Å²) < 4.78 is 5.75. The van der Waals surface area contributed by atoms with Gasteiger partial charge in [-0.2, -0.15) is 0 Å². The molecule has 0 amide bonds. The van der Waals surface area contributed by atoms with E-state index in [1.54, 1.807) is 6.92 Å². The molecule has 2 rings (SSSR count). The lowest BCUT2D eigenvalue weighted by Crippen LogP contribution is -2.05. The van der Waals surface area contributed by atoms with Gasteiger partial charge in [-0.25, -0.2) is 4.79 Å². The van der Waals surface area contributed by atoms with Crippen molar-refractivity contribution < 1.29 is 19.2 Å². The quantitative estimate of drug-likeness (QED) is 0.663. The first-order chi connectivity index (χ1) is 9.13. The normalized spacial score (nSPS) is 11.8. The summed E-state index contributed by atoms with van der Waals surface area (Å²) in [5.74, 6) is -0.411. The molecule has 0 saturated heterocycles. The molecule has 1 heterocycles. The van der Waals surface area contributed by atoms with Crippen LogP contribution < -0.4 is 0 Å². The van der Waals surface area contributed by atoms with Crippen LogP contribution in [0.15, 0.2) is 33.8 Å². The van der Waals surface area contributed by atoms with E-state index in [9.17, 15) is 4.79 Å². The minimum atomic E-state index is -1.06. The molecule has 0 bridgehead atoms. The summed E-state index contributed by atoms with van der Waals surface area (Å²) >= 11 is 0. The predicted octanol–water partition coefficient (Wildman–Crippen LogP) is 2.82. The lowest BCUT2D eigenvalue weighted by molar-refractivity contribution is -0.142. The molecule has 0 unspecified atom stereocenters. The highest BCUT2D eigenvalue weighted by Gasteiger charge is 2.15. The van der Waals surface area contributed by atoms with Crippen molar-refractivity contribution in [2.75, 3.05) is 6.61 Å². The second-order valence-electron chi connectivity index (χ2n) is 4.10. The van der Waals surface area contributed by atoms with Crippen LogP contribution in [0.1, 0.15) is 25.2 Å². The number of nitrogens with zero attached hydrogens (tertiary/aromatic N) is 1. The molecule has 2 aromatic rings. The zero-order chi connectivity index (χ0) is 13.8. The molecule has 5 heteroatoms. The number of carbonyl (C=O) groups is 1. The maximum atomic E-state index is 10.4. The number of fused-ring (bicyclic) bond motifs is 1. The molecular weight excluding hydrogens is 246 g/mol. The Hall–Kier alpha value is -2.30. The van der Waals surface area contributed by atoms with Gasteiger partial charge in [0.25, 0.3) is 0 Å². The van der Waals surface area contributed by atoms with Crippen LogP contribution in [0, 0.1) is 0 Å². The van der Waals surface area contributed by atoms with Gasteiger partial charge in [0.2, 0.25) is 6.61 Å². The molecule has 100 valence electrons. The summed E-state index contributed by atoms with van der Waals surface area (Å²) in [4.78, 5) is 15.1. The van der Waals surface area contributed by atoms with Crippen molar-refractivity contribution in [3.05, 3.63) is 35.6 Å². The lowest BCUT2D eigenvalue weighted by atomic mass is 10.1. The van der Waals surface area contributed by atoms with Crippen molar-refractivity contribution in [1.82, 2.24) is 0 Å². The zero-order valence-electron chi connectivity index (χ0n) is 10.8. The Morgan fingerprint density at radius 2 is 2.16 bits per heavy atom. The third kappa shape index (κ3) is 2.76. The van der Waals surface area contributed by atoms with Crippen LogP contribution in [-0.4, -0.2) is 23.4 Å². The van der Waals surface area contributed by atoms with E-state index in [-0.39, 0.29) is 0 Å². The largest absolute Gasteiger partial charge is 0.479 e. The molecule has 0 aliphatic rings. The van der Waals surface area contributed by atoms with Gasteiger partial charge < -0.3 is 14.4 Å². The number of hydrogen-bond acceptors (Lipinski definition) is 4. The maximum absolute atomic E-state index is 10.4. The molecule has 0 radical (unpaired) electrons. The third-order valence-corrected chi connectivity index (χ3v) is 2.77. The molecule has 0 atom stereocenters. The number of para-hydroxylation sites is 1. The van der Waals surface area contributed by atoms with E-state index in [0.717, 1.165) is 23.0 Å². The minimum absolute atomic E-state index is 0.459. The van der Waals surface area contributed by atoms with E-state index in [2.05, 4.69) is 5.16 Å². The first-order valence-electron chi connectivity index (χ1n) is 6.02. The number of furan rings is 1. The molecule has 0 fully saturated rings. The van der Waals surface area contributed by atoms with E-state index in [1.165, 1.54) is 0 Å². The van der Waals surface area contributed by atoms with Crippen LogP contribution in [0.4, 0.5) is 0 Å². The predicted molar refractivity (Wildman–Crippen MR) is 71.4 cm³/mol.